The molecular weight excluding hydrogens is 510 g/mol. The normalized spacial score (nSPS) is 11.2. The Morgan fingerprint density at radius 1 is 0.900 bits per heavy atom. The summed E-state index contributed by atoms with van der Waals surface area (Å²) in [6.07, 6.45) is 0.244. The first kappa shape index (κ1) is 29.9. The molecule has 0 radical (unpaired) electrons. The van der Waals surface area contributed by atoms with Crippen LogP contribution in [0.2, 0.25) is 0 Å². The van der Waals surface area contributed by atoms with Crippen molar-refractivity contribution in [3.05, 3.63) is 101 Å². The van der Waals surface area contributed by atoms with E-state index in [0.717, 1.165) is 16.7 Å². The topological polar surface area (TPSA) is 134 Å². The fourth-order valence-corrected chi connectivity index (χ4v) is 3.99. The molecule has 0 fully saturated rings. The highest BCUT2D eigenvalue weighted by atomic mass is 16.5. The number of rotatable bonds is 13. The molecule has 0 aliphatic carbocycles. The lowest BCUT2D eigenvalue weighted by Crippen LogP contribution is -2.44. The fraction of sp³-hybridized carbons (Fsp3) is 0.290. The predicted octanol–water partition coefficient (Wildman–Crippen LogP) is 4.76. The van der Waals surface area contributed by atoms with Gasteiger partial charge in [0.2, 0.25) is 5.91 Å². The van der Waals surface area contributed by atoms with E-state index in [1.165, 1.54) is 0 Å². The summed E-state index contributed by atoms with van der Waals surface area (Å²) in [5.74, 6) is -1.77. The van der Waals surface area contributed by atoms with Crippen LogP contribution in [0.25, 0.3) is 0 Å². The van der Waals surface area contributed by atoms with Crippen LogP contribution in [0.15, 0.2) is 72.8 Å². The molecule has 0 saturated carbocycles. The predicted molar refractivity (Wildman–Crippen MR) is 152 cm³/mol. The van der Waals surface area contributed by atoms with Crippen molar-refractivity contribution in [3.8, 4) is 0 Å². The van der Waals surface area contributed by atoms with Crippen molar-refractivity contribution in [2.75, 3.05) is 11.9 Å². The molecule has 0 aliphatic rings. The van der Waals surface area contributed by atoms with E-state index in [1.807, 2.05) is 50.2 Å². The van der Waals surface area contributed by atoms with Crippen LogP contribution < -0.4 is 16.0 Å². The van der Waals surface area contributed by atoms with Gasteiger partial charge in [-0.3, -0.25) is 14.4 Å². The molecule has 40 heavy (non-hydrogen) atoms. The minimum Gasteiger partial charge on any atom is -0.481 e. The van der Waals surface area contributed by atoms with Crippen LogP contribution in [0.5, 0.6) is 0 Å². The fourth-order valence-electron chi connectivity index (χ4n) is 3.99. The number of hydrogen-bond donors (Lipinski definition) is 4. The van der Waals surface area contributed by atoms with E-state index < -0.39 is 29.9 Å². The third-order valence-electron chi connectivity index (χ3n) is 6.43. The number of anilines is 1. The zero-order valence-corrected chi connectivity index (χ0v) is 22.7. The highest BCUT2D eigenvalue weighted by molar-refractivity contribution is 6.01. The third-order valence-corrected chi connectivity index (χ3v) is 6.43. The Bertz CT molecular complexity index is 1330. The molecule has 0 unspecified atom stereocenters. The summed E-state index contributed by atoms with van der Waals surface area (Å²) in [6.45, 7) is 4.25. The average Bonchev–Trinajstić information content (AvgIpc) is 2.94. The van der Waals surface area contributed by atoms with Crippen LogP contribution in [-0.2, 0) is 27.4 Å². The van der Waals surface area contributed by atoms with Gasteiger partial charge in [-0.15, -0.1) is 0 Å². The van der Waals surface area contributed by atoms with Crippen molar-refractivity contribution in [1.29, 1.82) is 0 Å². The Hall–Kier alpha value is -4.66. The summed E-state index contributed by atoms with van der Waals surface area (Å²) in [4.78, 5) is 49.5. The SMILES string of the molecule is Cc1ccc(C(=O)N[C@@H](CCCNC(=O)OCc2ccccc2)C(=O)Nc2ccccc2CCC(=O)O)cc1C. The Balaban J connectivity index is 1.63. The molecule has 0 heterocycles. The number of aliphatic carboxylic acids is 1. The van der Waals surface area contributed by atoms with Crippen molar-refractivity contribution in [1.82, 2.24) is 10.6 Å². The molecule has 3 aromatic carbocycles. The number of carboxylic acids is 1. The molecular formula is C31H35N3O6. The van der Waals surface area contributed by atoms with Crippen LogP contribution >= 0.6 is 0 Å². The smallest absolute Gasteiger partial charge is 0.407 e. The Labute approximate surface area is 233 Å². The molecule has 0 aliphatic heterocycles. The number of carbonyl (C=O) groups excluding carboxylic acids is 3. The molecule has 0 spiro atoms. The minimum atomic E-state index is -0.936. The quantitative estimate of drug-likeness (QED) is 0.229. The number of hydrogen-bond acceptors (Lipinski definition) is 5. The third kappa shape index (κ3) is 9.58. The first-order valence-corrected chi connectivity index (χ1v) is 13.2. The number of para-hydroxylation sites is 1. The van der Waals surface area contributed by atoms with E-state index >= 15 is 0 Å². The van der Waals surface area contributed by atoms with Gasteiger partial charge in [-0.2, -0.15) is 0 Å². The lowest BCUT2D eigenvalue weighted by molar-refractivity contribution is -0.137. The van der Waals surface area contributed by atoms with E-state index in [2.05, 4.69) is 16.0 Å². The maximum Gasteiger partial charge on any atom is 0.407 e. The van der Waals surface area contributed by atoms with E-state index in [9.17, 15) is 19.2 Å². The van der Waals surface area contributed by atoms with Crippen LogP contribution in [0, 0.1) is 13.8 Å². The molecule has 210 valence electrons. The van der Waals surface area contributed by atoms with Crippen molar-refractivity contribution < 1.29 is 29.0 Å². The summed E-state index contributed by atoms with van der Waals surface area (Å²) in [5, 5.41) is 17.4. The van der Waals surface area contributed by atoms with Crippen molar-refractivity contribution in [2.45, 2.75) is 52.2 Å². The largest absolute Gasteiger partial charge is 0.481 e. The van der Waals surface area contributed by atoms with Gasteiger partial charge in [0, 0.05) is 24.2 Å². The molecule has 0 aromatic heterocycles. The summed E-state index contributed by atoms with van der Waals surface area (Å²) < 4.78 is 5.22. The van der Waals surface area contributed by atoms with Gasteiger partial charge < -0.3 is 25.8 Å². The van der Waals surface area contributed by atoms with Crippen molar-refractivity contribution >= 4 is 29.6 Å². The van der Waals surface area contributed by atoms with E-state index in [1.54, 1.807) is 36.4 Å². The van der Waals surface area contributed by atoms with Gasteiger partial charge in [0.25, 0.3) is 5.91 Å². The minimum absolute atomic E-state index is 0.0775. The summed E-state index contributed by atoms with van der Waals surface area (Å²) >= 11 is 0. The number of nitrogens with one attached hydrogen (secondary N) is 3. The maximum atomic E-state index is 13.3. The van der Waals surface area contributed by atoms with Gasteiger partial charge in [-0.05, 0) is 73.6 Å². The number of aryl methyl sites for hydroxylation is 3. The van der Waals surface area contributed by atoms with Crippen LogP contribution in [0.4, 0.5) is 10.5 Å². The van der Waals surface area contributed by atoms with Crippen molar-refractivity contribution in [3.63, 3.8) is 0 Å². The molecule has 3 rings (SSSR count). The second-order valence-electron chi connectivity index (χ2n) is 9.50. The zero-order chi connectivity index (χ0) is 28.9. The number of carbonyl (C=O) groups is 4. The standard InChI is InChI=1S/C31H35N3O6/c1-21-14-15-25(19-22(21)2)29(37)34-27(13-8-18-32-31(39)40-20-23-9-4-3-5-10-23)30(38)33-26-12-7-6-11-24(26)16-17-28(35)36/h3-7,9-12,14-15,19,27H,8,13,16-18,20H2,1-2H3,(H,32,39)(H,33,38)(H,34,37)(H,35,36)/t27-/m0/s1. The zero-order valence-electron chi connectivity index (χ0n) is 22.7. The highest BCUT2D eigenvalue weighted by Gasteiger charge is 2.22. The monoisotopic (exact) mass is 545 g/mol. The first-order chi connectivity index (χ1) is 19.2. The molecule has 0 saturated heterocycles. The molecule has 0 bridgehead atoms. The lowest BCUT2D eigenvalue weighted by Gasteiger charge is -2.20. The lowest BCUT2D eigenvalue weighted by atomic mass is 10.0. The van der Waals surface area contributed by atoms with Gasteiger partial charge in [0.1, 0.15) is 12.6 Å². The Kier molecular flexibility index (Phi) is 11.3. The van der Waals surface area contributed by atoms with Crippen LogP contribution in [0.1, 0.15) is 51.9 Å². The van der Waals surface area contributed by atoms with Gasteiger partial charge in [-0.1, -0.05) is 54.6 Å². The molecule has 9 nitrogen and oxygen atoms in total. The second kappa shape index (κ2) is 15.1. The second-order valence-corrected chi connectivity index (χ2v) is 9.50. The van der Waals surface area contributed by atoms with Gasteiger partial charge in [0.05, 0.1) is 0 Å². The Morgan fingerprint density at radius 2 is 1.62 bits per heavy atom. The summed E-state index contributed by atoms with van der Waals surface area (Å²) in [7, 11) is 0. The molecule has 3 aromatic rings. The Morgan fingerprint density at radius 3 is 2.35 bits per heavy atom. The van der Waals surface area contributed by atoms with Crippen molar-refractivity contribution in [2.24, 2.45) is 0 Å². The highest BCUT2D eigenvalue weighted by Crippen LogP contribution is 2.18. The van der Waals surface area contributed by atoms with Gasteiger partial charge in [0.15, 0.2) is 0 Å². The van der Waals surface area contributed by atoms with E-state index in [0.29, 0.717) is 23.2 Å². The van der Waals surface area contributed by atoms with E-state index in [-0.39, 0.29) is 32.4 Å². The van der Waals surface area contributed by atoms with E-state index in [4.69, 9.17) is 9.84 Å². The number of ether oxygens (including phenoxy) is 1. The first-order valence-electron chi connectivity index (χ1n) is 13.2. The average molecular weight is 546 g/mol. The van der Waals surface area contributed by atoms with Crippen LogP contribution in [0.3, 0.4) is 0 Å². The molecule has 3 amide bonds. The summed E-state index contributed by atoms with van der Waals surface area (Å²) in [5.41, 5.74) is 4.48. The number of carboxylic acid groups (broad SMARTS) is 1. The van der Waals surface area contributed by atoms with Crippen LogP contribution in [-0.4, -0.2) is 41.6 Å². The molecule has 4 N–H and O–H groups in total. The van der Waals surface area contributed by atoms with Gasteiger partial charge in [-0.25, -0.2) is 4.79 Å². The summed E-state index contributed by atoms with van der Waals surface area (Å²) in [6, 6.07) is 20.7. The number of amides is 3. The molecule has 9 heteroatoms. The van der Waals surface area contributed by atoms with Gasteiger partial charge >= 0.3 is 12.1 Å². The number of alkyl carbamates (subject to hydrolysis) is 1. The number of benzene rings is 3. The molecule has 1 atom stereocenters. The maximum absolute atomic E-state index is 13.3.